The zero-order chi connectivity index (χ0) is 14.1. The van der Waals surface area contributed by atoms with Crippen LogP contribution in [0.2, 0.25) is 0 Å². The van der Waals surface area contributed by atoms with Gasteiger partial charge in [0.15, 0.2) is 0 Å². The molecule has 0 amide bonds. The molecule has 112 valence electrons. The van der Waals surface area contributed by atoms with Crippen LogP contribution in [0.5, 0.6) is 0 Å². The van der Waals surface area contributed by atoms with E-state index in [1.165, 1.54) is 39.2 Å². The second-order valence-corrected chi connectivity index (χ2v) is 5.43. The fourth-order valence-electron chi connectivity index (χ4n) is 2.69. The molecule has 1 saturated carbocycles. The van der Waals surface area contributed by atoms with Crippen LogP contribution in [0.1, 0.15) is 38.5 Å². The molecule has 5 heteroatoms. The van der Waals surface area contributed by atoms with E-state index in [1.54, 1.807) is 0 Å². The van der Waals surface area contributed by atoms with Gasteiger partial charge in [0.2, 0.25) is 0 Å². The minimum absolute atomic E-state index is 0.216. The topological polar surface area (TPSA) is 61.8 Å². The summed E-state index contributed by atoms with van der Waals surface area (Å²) in [5.74, 6) is -0.845. The van der Waals surface area contributed by atoms with Crippen LogP contribution in [0, 0.1) is 0 Å². The van der Waals surface area contributed by atoms with E-state index < -0.39 is 12.0 Å². The number of aliphatic carboxylic acids is 1. The molecule has 0 aromatic heterocycles. The largest absolute Gasteiger partial charge is 0.480 e. The summed E-state index contributed by atoms with van der Waals surface area (Å²) in [5.41, 5.74) is 0. The molecule has 1 unspecified atom stereocenters. The van der Waals surface area contributed by atoms with E-state index >= 15 is 0 Å². The van der Waals surface area contributed by atoms with Crippen LogP contribution in [0.25, 0.3) is 0 Å². The molecule has 1 rings (SSSR count). The summed E-state index contributed by atoms with van der Waals surface area (Å²) in [6.45, 7) is 1.96. The molecule has 1 fully saturated rings. The highest BCUT2D eigenvalue weighted by Gasteiger charge is 2.18. The Morgan fingerprint density at radius 1 is 1.42 bits per heavy atom. The van der Waals surface area contributed by atoms with Crippen LogP contribution in [-0.4, -0.2) is 61.9 Å². The quantitative estimate of drug-likeness (QED) is 0.620. The van der Waals surface area contributed by atoms with Gasteiger partial charge in [-0.05, 0) is 39.4 Å². The average molecular weight is 272 g/mol. The molecule has 0 bridgehead atoms. The molecule has 0 spiro atoms. The average Bonchev–Trinajstić information content (AvgIpc) is 2.42. The van der Waals surface area contributed by atoms with Crippen molar-refractivity contribution in [2.24, 2.45) is 0 Å². The second-order valence-electron chi connectivity index (χ2n) is 5.43. The third-order valence-electron chi connectivity index (χ3n) is 3.91. The third kappa shape index (κ3) is 6.36. The summed E-state index contributed by atoms with van der Waals surface area (Å²) >= 11 is 0. The predicted molar refractivity (Wildman–Crippen MR) is 75.4 cm³/mol. The minimum Gasteiger partial charge on any atom is -0.480 e. The third-order valence-corrected chi connectivity index (χ3v) is 3.91. The number of methoxy groups -OCH3 is 1. The summed E-state index contributed by atoms with van der Waals surface area (Å²) in [7, 11) is 3.70. The summed E-state index contributed by atoms with van der Waals surface area (Å²) < 4.78 is 4.88. The zero-order valence-electron chi connectivity index (χ0n) is 12.2. The summed E-state index contributed by atoms with van der Waals surface area (Å²) in [4.78, 5) is 13.3. The van der Waals surface area contributed by atoms with Crippen molar-refractivity contribution in [1.82, 2.24) is 10.2 Å². The van der Waals surface area contributed by atoms with Crippen molar-refractivity contribution >= 4 is 5.97 Å². The molecule has 0 aliphatic heterocycles. The van der Waals surface area contributed by atoms with Crippen LogP contribution in [0.3, 0.4) is 0 Å². The minimum atomic E-state index is -0.845. The second kappa shape index (κ2) is 9.28. The number of carboxylic acids is 1. The SMILES string of the molecule is COCC(NCCCN(C)C1CCCCC1)C(=O)O. The van der Waals surface area contributed by atoms with Crippen molar-refractivity contribution in [3.8, 4) is 0 Å². The van der Waals surface area contributed by atoms with Crippen LogP contribution >= 0.6 is 0 Å². The van der Waals surface area contributed by atoms with Crippen molar-refractivity contribution < 1.29 is 14.6 Å². The fourth-order valence-corrected chi connectivity index (χ4v) is 2.69. The standard InChI is InChI=1S/C14H28N2O3/c1-16(12-7-4-3-5-8-12)10-6-9-15-13(11-19-2)14(17)18/h12-13,15H,3-11H2,1-2H3,(H,17,18). The molecule has 1 aliphatic carbocycles. The van der Waals surface area contributed by atoms with Gasteiger partial charge in [-0.25, -0.2) is 0 Å². The number of nitrogens with one attached hydrogen (secondary N) is 1. The van der Waals surface area contributed by atoms with Gasteiger partial charge in [-0.2, -0.15) is 0 Å². The number of nitrogens with zero attached hydrogens (tertiary/aromatic N) is 1. The molecule has 0 heterocycles. The van der Waals surface area contributed by atoms with Gasteiger partial charge in [-0.3, -0.25) is 4.79 Å². The highest BCUT2D eigenvalue weighted by Crippen LogP contribution is 2.21. The van der Waals surface area contributed by atoms with Crippen LogP contribution in [0.15, 0.2) is 0 Å². The number of carboxylic acid groups (broad SMARTS) is 1. The molecule has 0 radical (unpaired) electrons. The Kier molecular flexibility index (Phi) is 8.02. The highest BCUT2D eigenvalue weighted by atomic mass is 16.5. The van der Waals surface area contributed by atoms with E-state index in [-0.39, 0.29) is 6.61 Å². The first-order valence-corrected chi connectivity index (χ1v) is 7.30. The van der Waals surface area contributed by atoms with Gasteiger partial charge >= 0.3 is 5.97 Å². The van der Waals surface area contributed by atoms with Crippen molar-refractivity contribution in [2.75, 3.05) is 33.9 Å². The Balaban J connectivity index is 2.13. The summed E-state index contributed by atoms with van der Waals surface area (Å²) in [5, 5.41) is 12.0. The lowest BCUT2D eigenvalue weighted by atomic mass is 9.94. The number of rotatable bonds is 9. The molecular weight excluding hydrogens is 244 g/mol. The lowest BCUT2D eigenvalue weighted by molar-refractivity contribution is -0.140. The Morgan fingerprint density at radius 3 is 2.68 bits per heavy atom. The molecule has 0 saturated heterocycles. The van der Waals surface area contributed by atoms with E-state index in [0.717, 1.165) is 25.6 Å². The summed E-state index contributed by atoms with van der Waals surface area (Å²) in [6, 6.07) is 0.132. The maximum absolute atomic E-state index is 10.9. The van der Waals surface area contributed by atoms with E-state index in [0.29, 0.717) is 0 Å². The van der Waals surface area contributed by atoms with E-state index in [9.17, 15) is 4.79 Å². The van der Waals surface area contributed by atoms with E-state index in [1.807, 2.05) is 0 Å². The first-order chi connectivity index (χ1) is 9.15. The normalized spacial score (nSPS) is 18.7. The molecule has 1 atom stereocenters. The summed E-state index contributed by atoms with van der Waals surface area (Å²) in [6.07, 6.45) is 7.67. The monoisotopic (exact) mass is 272 g/mol. The van der Waals surface area contributed by atoms with Gasteiger partial charge in [-0.15, -0.1) is 0 Å². The molecule has 5 nitrogen and oxygen atoms in total. The molecular formula is C14H28N2O3. The smallest absolute Gasteiger partial charge is 0.323 e. The van der Waals surface area contributed by atoms with Crippen molar-refractivity contribution in [2.45, 2.75) is 50.6 Å². The Morgan fingerprint density at radius 2 is 2.11 bits per heavy atom. The first kappa shape index (κ1) is 16.4. The molecule has 1 aliphatic rings. The predicted octanol–water partition coefficient (Wildman–Crippen LogP) is 1.33. The van der Waals surface area contributed by atoms with Crippen molar-refractivity contribution in [3.63, 3.8) is 0 Å². The lowest BCUT2D eigenvalue weighted by Gasteiger charge is -2.31. The molecule has 0 aromatic rings. The molecule has 19 heavy (non-hydrogen) atoms. The van der Waals surface area contributed by atoms with Crippen LogP contribution in [-0.2, 0) is 9.53 Å². The fraction of sp³-hybridized carbons (Fsp3) is 0.929. The molecule has 2 N–H and O–H groups in total. The Hall–Kier alpha value is -0.650. The van der Waals surface area contributed by atoms with Crippen molar-refractivity contribution in [3.05, 3.63) is 0 Å². The Labute approximate surface area is 116 Å². The molecule has 0 aromatic carbocycles. The van der Waals surface area contributed by atoms with Gasteiger partial charge in [0.05, 0.1) is 6.61 Å². The van der Waals surface area contributed by atoms with Gasteiger partial charge in [0.1, 0.15) is 6.04 Å². The highest BCUT2D eigenvalue weighted by molar-refractivity contribution is 5.73. The van der Waals surface area contributed by atoms with Gasteiger partial charge in [-0.1, -0.05) is 19.3 Å². The first-order valence-electron chi connectivity index (χ1n) is 7.30. The van der Waals surface area contributed by atoms with Gasteiger partial charge in [0.25, 0.3) is 0 Å². The lowest BCUT2D eigenvalue weighted by Crippen LogP contribution is -2.42. The van der Waals surface area contributed by atoms with E-state index in [2.05, 4.69) is 17.3 Å². The Bertz CT molecular complexity index is 255. The zero-order valence-corrected chi connectivity index (χ0v) is 12.2. The number of carbonyl (C=O) groups is 1. The number of ether oxygens (including phenoxy) is 1. The van der Waals surface area contributed by atoms with E-state index in [4.69, 9.17) is 9.84 Å². The van der Waals surface area contributed by atoms with Crippen molar-refractivity contribution in [1.29, 1.82) is 0 Å². The maximum Gasteiger partial charge on any atom is 0.323 e. The number of hydrogen-bond donors (Lipinski definition) is 2. The maximum atomic E-state index is 10.9. The van der Waals surface area contributed by atoms with Gasteiger partial charge < -0.3 is 20.1 Å². The van der Waals surface area contributed by atoms with Gasteiger partial charge in [0, 0.05) is 13.2 Å². The van der Waals surface area contributed by atoms with Crippen LogP contribution in [0.4, 0.5) is 0 Å². The number of hydrogen-bond acceptors (Lipinski definition) is 4. The van der Waals surface area contributed by atoms with Crippen LogP contribution < -0.4 is 5.32 Å².